The normalized spacial score (nSPS) is 21.0. The van der Waals surface area contributed by atoms with Crippen molar-refractivity contribution < 1.29 is 19.0 Å². The van der Waals surface area contributed by atoms with Crippen LogP contribution in [0.4, 0.5) is 5.82 Å². The lowest BCUT2D eigenvalue weighted by Crippen LogP contribution is -2.46. The van der Waals surface area contributed by atoms with Crippen molar-refractivity contribution in [2.45, 2.75) is 18.6 Å². The van der Waals surface area contributed by atoms with Crippen LogP contribution in [0.1, 0.15) is 6.42 Å². The summed E-state index contributed by atoms with van der Waals surface area (Å²) < 4.78 is 17.3. The second kappa shape index (κ2) is 7.30. The molecule has 1 amide bonds. The van der Waals surface area contributed by atoms with E-state index in [-0.39, 0.29) is 18.6 Å². The van der Waals surface area contributed by atoms with E-state index in [2.05, 4.69) is 10.2 Å². The van der Waals surface area contributed by atoms with Gasteiger partial charge in [0, 0.05) is 33.1 Å². The molecule has 0 bridgehead atoms. The molecule has 1 saturated heterocycles. The van der Waals surface area contributed by atoms with Gasteiger partial charge in [-0.25, -0.2) is 0 Å². The monoisotopic (exact) mass is 370 g/mol. The van der Waals surface area contributed by atoms with Crippen LogP contribution in [-0.2, 0) is 4.79 Å². The summed E-state index contributed by atoms with van der Waals surface area (Å²) in [6.45, 7) is 1.33. The van der Waals surface area contributed by atoms with Crippen LogP contribution in [0.15, 0.2) is 36.4 Å². The minimum absolute atomic E-state index is 0.0790. The molecule has 8 nitrogen and oxygen atoms in total. The highest BCUT2D eigenvalue weighted by Crippen LogP contribution is 2.31. The molecule has 0 saturated carbocycles. The van der Waals surface area contributed by atoms with Gasteiger partial charge in [0.05, 0.1) is 6.54 Å². The number of likely N-dealkylation sites (tertiary alicyclic amines) is 1. The zero-order chi connectivity index (χ0) is 18.8. The Hall–Kier alpha value is -3.03. The van der Waals surface area contributed by atoms with Crippen molar-refractivity contribution in [3.05, 3.63) is 36.4 Å². The van der Waals surface area contributed by atoms with Gasteiger partial charge >= 0.3 is 0 Å². The summed E-state index contributed by atoms with van der Waals surface area (Å²) in [5.41, 5.74) is 0. The maximum absolute atomic E-state index is 12.8. The smallest absolute Gasteiger partial charge is 0.267 e. The first kappa shape index (κ1) is 17.4. The number of nitrogens with zero attached hydrogens (tertiary/aromatic N) is 4. The molecule has 1 aromatic carbocycles. The molecule has 3 heterocycles. The Morgan fingerprint density at radius 2 is 2.00 bits per heavy atom. The van der Waals surface area contributed by atoms with Gasteiger partial charge in [0.1, 0.15) is 12.7 Å². The molecule has 2 aliphatic heterocycles. The molecule has 1 fully saturated rings. The first-order valence-electron chi connectivity index (χ1n) is 8.95. The summed E-state index contributed by atoms with van der Waals surface area (Å²) in [7, 11) is 3.81. The van der Waals surface area contributed by atoms with Crippen molar-refractivity contribution in [1.29, 1.82) is 0 Å². The van der Waals surface area contributed by atoms with E-state index < -0.39 is 6.10 Å². The largest absolute Gasteiger partial charge is 0.485 e. The van der Waals surface area contributed by atoms with Gasteiger partial charge < -0.3 is 24.0 Å². The Balaban J connectivity index is 1.33. The molecule has 2 aromatic rings. The lowest BCUT2D eigenvalue weighted by molar-refractivity contribution is -0.140. The molecule has 2 aliphatic rings. The third-order valence-electron chi connectivity index (χ3n) is 4.61. The minimum atomic E-state index is -0.627. The van der Waals surface area contributed by atoms with Crippen molar-refractivity contribution in [3.8, 4) is 17.4 Å². The van der Waals surface area contributed by atoms with Crippen molar-refractivity contribution in [2.24, 2.45) is 0 Å². The Morgan fingerprint density at radius 3 is 2.74 bits per heavy atom. The van der Waals surface area contributed by atoms with Crippen LogP contribution in [0, 0.1) is 0 Å². The zero-order valence-corrected chi connectivity index (χ0v) is 15.4. The van der Waals surface area contributed by atoms with Gasteiger partial charge in [0.25, 0.3) is 5.91 Å². The first-order chi connectivity index (χ1) is 13.1. The fraction of sp³-hybridized carbons (Fsp3) is 0.421. The number of aromatic nitrogens is 2. The fourth-order valence-electron chi connectivity index (χ4n) is 3.15. The minimum Gasteiger partial charge on any atom is -0.485 e. The molecule has 2 unspecified atom stereocenters. The molecular weight excluding hydrogens is 348 g/mol. The predicted molar refractivity (Wildman–Crippen MR) is 98.3 cm³/mol. The number of amides is 1. The number of carbonyl (C=O) groups excluding carboxylic acids is 1. The molecule has 4 rings (SSSR count). The van der Waals surface area contributed by atoms with Gasteiger partial charge in [0.15, 0.2) is 17.3 Å². The molecule has 142 valence electrons. The summed E-state index contributed by atoms with van der Waals surface area (Å²) in [6, 6.07) is 11.0. The van der Waals surface area contributed by atoms with E-state index in [0.717, 1.165) is 12.2 Å². The molecule has 1 aromatic heterocycles. The van der Waals surface area contributed by atoms with Gasteiger partial charge in [0.2, 0.25) is 12.0 Å². The SMILES string of the molecule is CN(C)c1ccc(OC2CCN(C(=O)C3COc4ccccc4O3)C2)nn1. The van der Waals surface area contributed by atoms with Gasteiger partial charge in [-0.15, -0.1) is 10.2 Å². The predicted octanol–water partition coefficient (Wildman–Crippen LogP) is 1.36. The summed E-state index contributed by atoms with van der Waals surface area (Å²) in [6.07, 6.45) is 0.00980. The second-order valence-corrected chi connectivity index (χ2v) is 6.80. The van der Waals surface area contributed by atoms with Crippen LogP contribution >= 0.6 is 0 Å². The van der Waals surface area contributed by atoms with Crippen LogP contribution in [0.3, 0.4) is 0 Å². The van der Waals surface area contributed by atoms with Crippen LogP contribution in [-0.4, -0.2) is 67.0 Å². The van der Waals surface area contributed by atoms with Gasteiger partial charge in [-0.1, -0.05) is 12.1 Å². The van der Waals surface area contributed by atoms with Crippen molar-refractivity contribution in [2.75, 3.05) is 38.7 Å². The van der Waals surface area contributed by atoms with Crippen molar-refractivity contribution in [1.82, 2.24) is 15.1 Å². The van der Waals surface area contributed by atoms with Crippen molar-refractivity contribution in [3.63, 3.8) is 0 Å². The van der Waals surface area contributed by atoms with E-state index >= 15 is 0 Å². The van der Waals surface area contributed by atoms with E-state index in [4.69, 9.17) is 14.2 Å². The lowest BCUT2D eigenvalue weighted by Gasteiger charge is -2.28. The third kappa shape index (κ3) is 3.74. The number of hydrogen-bond acceptors (Lipinski definition) is 7. The Bertz CT molecular complexity index is 812. The molecule has 2 atom stereocenters. The molecule has 27 heavy (non-hydrogen) atoms. The van der Waals surface area contributed by atoms with Crippen molar-refractivity contribution >= 4 is 11.7 Å². The second-order valence-electron chi connectivity index (χ2n) is 6.80. The number of carbonyl (C=O) groups is 1. The summed E-state index contributed by atoms with van der Waals surface area (Å²) in [4.78, 5) is 16.4. The highest BCUT2D eigenvalue weighted by atomic mass is 16.6. The molecule has 0 spiro atoms. The first-order valence-corrected chi connectivity index (χ1v) is 8.95. The maximum Gasteiger partial charge on any atom is 0.267 e. The number of rotatable bonds is 4. The van der Waals surface area contributed by atoms with E-state index in [9.17, 15) is 4.79 Å². The zero-order valence-electron chi connectivity index (χ0n) is 15.4. The number of benzene rings is 1. The quantitative estimate of drug-likeness (QED) is 0.804. The van der Waals surface area contributed by atoms with Gasteiger partial charge in [-0.3, -0.25) is 4.79 Å². The van der Waals surface area contributed by atoms with E-state index in [0.29, 0.717) is 30.5 Å². The van der Waals surface area contributed by atoms with Crippen LogP contribution < -0.4 is 19.1 Å². The Kier molecular flexibility index (Phi) is 4.70. The van der Waals surface area contributed by atoms with Gasteiger partial charge in [-0.05, 0) is 18.2 Å². The molecule has 0 N–H and O–H groups in total. The number of fused-ring (bicyclic) bond motifs is 1. The van der Waals surface area contributed by atoms with E-state index in [1.54, 1.807) is 17.0 Å². The molecular formula is C19H22N4O4. The lowest BCUT2D eigenvalue weighted by atomic mass is 10.2. The standard InChI is InChI=1S/C19H22N4O4/c1-22(2)17-7-8-18(21-20-17)26-13-9-10-23(11-13)19(24)16-12-25-14-5-3-4-6-15(14)27-16/h3-8,13,16H,9-12H2,1-2H3. The summed E-state index contributed by atoms with van der Waals surface area (Å²) in [5, 5.41) is 8.19. The van der Waals surface area contributed by atoms with E-state index in [1.165, 1.54) is 0 Å². The summed E-state index contributed by atoms with van der Waals surface area (Å²) in [5.74, 6) is 2.42. The number of anilines is 1. The Labute approximate surface area is 157 Å². The highest BCUT2D eigenvalue weighted by Gasteiger charge is 2.35. The highest BCUT2D eigenvalue weighted by molar-refractivity contribution is 5.82. The van der Waals surface area contributed by atoms with Gasteiger partial charge in [-0.2, -0.15) is 0 Å². The summed E-state index contributed by atoms with van der Waals surface area (Å²) >= 11 is 0. The fourth-order valence-corrected chi connectivity index (χ4v) is 3.15. The third-order valence-corrected chi connectivity index (χ3v) is 4.61. The molecule has 8 heteroatoms. The number of hydrogen-bond donors (Lipinski definition) is 0. The number of para-hydroxylation sites is 2. The molecule has 0 aliphatic carbocycles. The Morgan fingerprint density at radius 1 is 1.19 bits per heavy atom. The van der Waals surface area contributed by atoms with Crippen LogP contribution in [0.25, 0.3) is 0 Å². The molecule has 0 radical (unpaired) electrons. The van der Waals surface area contributed by atoms with Crippen LogP contribution in [0.2, 0.25) is 0 Å². The average molecular weight is 370 g/mol. The average Bonchev–Trinajstić information content (AvgIpc) is 3.16. The number of ether oxygens (including phenoxy) is 3. The maximum atomic E-state index is 12.8. The topological polar surface area (TPSA) is 77.0 Å². The van der Waals surface area contributed by atoms with E-state index in [1.807, 2.05) is 43.3 Å². The van der Waals surface area contributed by atoms with Crippen LogP contribution in [0.5, 0.6) is 17.4 Å².